The number of hydrogen-bond donors (Lipinski definition) is 1. The zero-order valence-corrected chi connectivity index (χ0v) is 13.4. The third-order valence-electron chi connectivity index (χ3n) is 3.89. The fourth-order valence-corrected chi connectivity index (χ4v) is 2.25. The third-order valence-corrected chi connectivity index (χ3v) is 3.89. The van der Waals surface area contributed by atoms with E-state index in [9.17, 15) is 9.59 Å². The SMILES string of the molecule is CCC(C)Nc1cnc(C(=O)N2CCN(C(C)=O)CC2)cn1. The maximum Gasteiger partial charge on any atom is 0.274 e. The molecular formula is C15H23N5O2. The lowest BCUT2D eigenvalue weighted by atomic mass is 10.2. The quantitative estimate of drug-likeness (QED) is 0.897. The maximum atomic E-state index is 12.4. The minimum absolute atomic E-state index is 0.0485. The van der Waals surface area contributed by atoms with Gasteiger partial charge in [0.1, 0.15) is 11.5 Å². The summed E-state index contributed by atoms with van der Waals surface area (Å²) in [6.45, 7) is 7.91. The first-order valence-electron chi connectivity index (χ1n) is 7.64. The lowest BCUT2D eigenvalue weighted by Gasteiger charge is -2.33. The number of nitrogens with one attached hydrogen (secondary N) is 1. The smallest absolute Gasteiger partial charge is 0.274 e. The van der Waals surface area contributed by atoms with Gasteiger partial charge in [0.2, 0.25) is 5.91 Å². The first kappa shape index (κ1) is 16.2. The highest BCUT2D eigenvalue weighted by Gasteiger charge is 2.24. The highest BCUT2D eigenvalue weighted by Crippen LogP contribution is 2.09. The van der Waals surface area contributed by atoms with Crippen molar-refractivity contribution in [3.8, 4) is 0 Å². The fourth-order valence-electron chi connectivity index (χ4n) is 2.25. The Morgan fingerprint density at radius 3 is 2.32 bits per heavy atom. The Balaban J connectivity index is 1.94. The minimum Gasteiger partial charge on any atom is -0.366 e. The fraction of sp³-hybridized carbons (Fsp3) is 0.600. The molecule has 22 heavy (non-hydrogen) atoms. The van der Waals surface area contributed by atoms with Crippen molar-refractivity contribution in [2.45, 2.75) is 33.2 Å². The number of carbonyl (C=O) groups excluding carboxylic acids is 2. The molecule has 0 bridgehead atoms. The topological polar surface area (TPSA) is 78.4 Å². The summed E-state index contributed by atoms with van der Waals surface area (Å²) in [5.41, 5.74) is 0.339. The highest BCUT2D eigenvalue weighted by atomic mass is 16.2. The van der Waals surface area contributed by atoms with Gasteiger partial charge >= 0.3 is 0 Å². The van der Waals surface area contributed by atoms with Crippen LogP contribution in [0.5, 0.6) is 0 Å². The van der Waals surface area contributed by atoms with E-state index < -0.39 is 0 Å². The Morgan fingerprint density at radius 2 is 1.82 bits per heavy atom. The largest absolute Gasteiger partial charge is 0.366 e. The number of aromatic nitrogens is 2. The van der Waals surface area contributed by atoms with Crippen molar-refractivity contribution >= 4 is 17.6 Å². The number of carbonyl (C=O) groups is 2. The van der Waals surface area contributed by atoms with Crippen LogP contribution in [0.15, 0.2) is 12.4 Å². The summed E-state index contributed by atoms with van der Waals surface area (Å²) in [5, 5.41) is 3.21. The van der Waals surface area contributed by atoms with Gasteiger partial charge in [0.15, 0.2) is 0 Å². The van der Waals surface area contributed by atoms with Crippen molar-refractivity contribution in [2.24, 2.45) is 0 Å². The van der Waals surface area contributed by atoms with Gasteiger partial charge in [0, 0.05) is 39.1 Å². The third kappa shape index (κ3) is 3.93. The van der Waals surface area contributed by atoms with Crippen LogP contribution in [0.1, 0.15) is 37.7 Å². The van der Waals surface area contributed by atoms with Gasteiger partial charge in [-0.15, -0.1) is 0 Å². The molecule has 1 aromatic heterocycles. The Labute approximate surface area is 130 Å². The molecule has 0 radical (unpaired) electrons. The molecule has 0 aromatic carbocycles. The van der Waals surface area contributed by atoms with E-state index in [0.29, 0.717) is 43.7 Å². The summed E-state index contributed by atoms with van der Waals surface area (Å²) in [7, 11) is 0. The van der Waals surface area contributed by atoms with Crippen molar-refractivity contribution in [3.05, 3.63) is 18.1 Å². The van der Waals surface area contributed by atoms with Crippen LogP contribution in [-0.4, -0.2) is 63.8 Å². The number of rotatable bonds is 4. The summed E-state index contributed by atoms with van der Waals surface area (Å²) < 4.78 is 0. The molecule has 2 rings (SSSR count). The van der Waals surface area contributed by atoms with Crippen molar-refractivity contribution in [3.63, 3.8) is 0 Å². The summed E-state index contributed by atoms with van der Waals surface area (Å²) in [6.07, 6.45) is 4.08. The van der Waals surface area contributed by atoms with Gasteiger partial charge in [-0.25, -0.2) is 9.97 Å². The minimum atomic E-state index is -0.134. The van der Waals surface area contributed by atoms with Gasteiger partial charge in [0.25, 0.3) is 5.91 Å². The second kappa shape index (κ2) is 7.20. The molecule has 1 aromatic rings. The van der Waals surface area contributed by atoms with Gasteiger partial charge in [0.05, 0.1) is 12.4 Å². The molecule has 7 nitrogen and oxygen atoms in total. The van der Waals surface area contributed by atoms with Gasteiger partial charge in [-0.2, -0.15) is 0 Å². The molecule has 2 heterocycles. The first-order chi connectivity index (χ1) is 10.5. The van der Waals surface area contributed by atoms with Crippen LogP contribution < -0.4 is 5.32 Å². The molecule has 1 aliphatic heterocycles. The van der Waals surface area contributed by atoms with E-state index in [1.54, 1.807) is 22.9 Å². The maximum absolute atomic E-state index is 12.4. The van der Waals surface area contributed by atoms with Gasteiger partial charge < -0.3 is 15.1 Å². The molecule has 0 saturated carbocycles. The molecule has 1 fully saturated rings. The normalized spacial score (nSPS) is 16.3. The van der Waals surface area contributed by atoms with E-state index >= 15 is 0 Å². The number of anilines is 1. The van der Waals surface area contributed by atoms with Crippen LogP contribution in [0.3, 0.4) is 0 Å². The second-order valence-electron chi connectivity index (χ2n) is 5.54. The molecule has 0 aliphatic carbocycles. The molecule has 0 spiro atoms. The van der Waals surface area contributed by atoms with E-state index in [0.717, 1.165) is 6.42 Å². The molecule has 2 amide bonds. The molecule has 1 N–H and O–H groups in total. The van der Waals surface area contributed by atoms with Crippen LogP contribution in [0, 0.1) is 0 Å². The molecule has 1 unspecified atom stereocenters. The Hall–Kier alpha value is -2.18. The van der Waals surface area contributed by atoms with Crippen molar-refractivity contribution in [1.82, 2.24) is 19.8 Å². The summed E-state index contributed by atoms with van der Waals surface area (Å²) in [5.74, 6) is 0.588. The van der Waals surface area contributed by atoms with Crippen LogP contribution in [0.25, 0.3) is 0 Å². The lowest BCUT2D eigenvalue weighted by molar-refractivity contribution is -0.130. The summed E-state index contributed by atoms with van der Waals surface area (Å²) in [6, 6.07) is 0.315. The monoisotopic (exact) mass is 305 g/mol. The van der Waals surface area contributed by atoms with E-state index in [1.807, 2.05) is 0 Å². The zero-order valence-electron chi connectivity index (χ0n) is 13.4. The lowest BCUT2D eigenvalue weighted by Crippen LogP contribution is -2.50. The van der Waals surface area contributed by atoms with Crippen LogP contribution in [0.4, 0.5) is 5.82 Å². The van der Waals surface area contributed by atoms with Crippen molar-refractivity contribution in [2.75, 3.05) is 31.5 Å². The molecular weight excluding hydrogens is 282 g/mol. The number of nitrogens with zero attached hydrogens (tertiary/aromatic N) is 4. The second-order valence-corrected chi connectivity index (χ2v) is 5.54. The van der Waals surface area contributed by atoms with Gasteiger partial charge in [-0.05, 0) is 13.3 Å². The van der Waals surface area contributed by atoms with E-state index in [1.165, 1.54) is 6.20 Å². The van der Waals surface area contributed by atoms with E-state index in [-0.39, 0.29) is 11.8 Å². The Morgan fingerprint density at radius 1 is 1.18 bits per heavy atom. The van der Waals surface area contributed by atoms with E-state index in [4.69, 9.17) is 0 Å². The average Bonchev–Trinajstić information content (AvgIpc) is 2.55. The standard InChI is InChI=1S/C15H23N5O2/c1-4-11(2)18-14-10-16-13(9-17-14)15(22)20-7-5-19(6-8-20)12(3)21/h9-11H,4-8H2,1-3H3,(H,17,18). The molecule has 1 saturated heterocycles. The van der Waals surface area contributed by atoms with Crippen LogP contribution in [0.2, 0.25) is 0 Å². The number of amides is 2. The Bertz CT molecular complexity index is 523. The number of hydrogen-bond acceptors (Lipinski definition) is 5. The van der Waals surface area contributed by atoms with Crippen molar-refractivity contribution < 1.29 is 9.59 Å². The summed E-state index contributed by atoms with van der Waals surface area (Å²) in [4.78, 5) is 35.6. The molecule has 1 aliphatic rings. The predicted molar refractivity (Wildman–Crippen MR) is 83.6 cm³/mol. The molecule has 120 valence electrons. The van der Waals surface area contributed by atoms with Crippen LogP contribution in [-0.2, 0) is 4.79 Å². The first-order valence-corrected chi connectivity index (χ1v) is 7.64. The molecule has 7 heteroatoms. The van der Waals surface area contributed by atoms with E-state index in [2.05, 4.69) is 29.1 Å². The predicted octanol–water partition coefficient (Wildman–Crippen LogP) is 0.991. The number of piperazine rings is 1. The van der Waals surface area contributed by atoms with Gasteiger partial charge in [-0.3, -0.25) is 9.59 Å². The van der Waals surface area contributed by atoms with Crippen LogP contribution >= 0.6 is 0 Å². The van der Waals surface area contributed by atoms with Gasteiger partial charge in [-0.1, -0.05) is 6.92 Å². The van der Waals surface area contributed by atoms with Crippen molar-refractivity contribution in [1.29, 1.82) is 0 Å². The average molecular weight is 305 g/mol. The summed E-state index contributed by atoms with van der Waals surface area (Å²) >= 11 is 0. The zero-order chi connectivity index (χ0) is 16.1. The highest BCUT2D eigenvalue weighted by molar-refractivity contribution is 5.92. The Kier molecular flexibility index (Phi) is 5.30. The molecule has 1 atom stereocenters.